The Morgan fingerprint density at radius 1 is 1.50 bits per heavy atom. The van der Waals surface area contributed by atoms with Gasteiger partial charge in [-0.2, -0.15) is 5.26 Å². The Bertz CT molecular complexity index is 411. The fourth-order valence-electron chi connectivity index (χ4n) is 2.14. The lowest BCUT2D eigenvalue weighted by atomic mass is 9.99. The van der Waals surface area contributed by atoms with E-state index in [9.17, 15) is 0 Å². The first-order valence-corrected chi connectivity index (χ1v) is 5.45. The third kappa shape index (κ3) is 1.97. The van der Waals surface area contributed by atoms with E-state index in [1.54, 1.807) is 12.4 Å². The Balaban J connectivity index is 2.27. The van der Waals surface area contributed by atoms with Crippen molar-refractivity contribution in [3.8, 4) is 6.07 Å². The number of nitriles is 1. The Labute approximate surface area is 94.9 Å². The van der Waals surface area contributed by atoms with Gasteiger partial charge in [-0.3, -0.25) is 0 Å². The lowest BCUT2D eigenvalue weighted by Gasteiger charge is -2.37. The minimum Gasteiger partial charge on any atom is -0.351 e. The van der Waals surface area contributed by atoms with Crippen molar-refractivity contribution in [3.63, 3.8) is 0 Å². The van der Waals surface area contributed by atoms with Gasteiger partial charge in [-0.15, -0.1) is 0 Å². The first-order chi connectivity index (χ1) is 7.72. The molecule has 16 heavy (non-hydrogen) atoms. The van der Waals surface area contributed by atoms with Crippen molar-refractivity contribution >= 4 is 5.82 Å². The zero-order valence-corrected chi connectivity index (χ0v) is 9.30. The molecule has 5 heteroatoms. The number of anilines is 1. The van der Waals surface area contributed by atoms with Gasteiger partial charge in [0.1, 0.15) is 6.07 Å². The smallest absolute Gasteiger partial charge is 0.183 e. The topological polar surface area (TPSA) is 78.8 Å². The summed E-state index contributed by atoms with van der Waals surface area (Å²) in [4.78, 5) is 10.4. The van der Waals surface area contributed by atoms with Crippen molar-refractivity contribution < 1.29 is 0 Å². The third-order valence-electron chi connectivity index (χ3n) is 2.97. The summed E-state index contributed by atoms with van der Waals surface area (Å²) in [6, 6.07) is 2.65. The Morgan fingerprint density at radius 2 is 2.25 bits per heavy atom. The van der Waals surface area contributed by atoms with Gasteiger partial charge < -0.3 is 10.6 Å². The molecule has 2 rings (SSSR count). The standard InChI is InChI=1S/C11H15N5/c1-8-6-9(13)2-5-16(8)11-10(7-12)14-3-4-15-11/h3-4,8-9H,2,5-6,13H2,1H3. The van der Waals surface area contributed by atoms with Crippen LogP contribution in [0.1, 0.15) is 25.5 Å². The largest absolute Gasteiger partial charge is 0.351 e. The molecule has 2 N–H and O–H groups in total. The van der Waals surface area contributed by atoms with E-state index in [2.05, 4.69) is 27.9 Å². The first kappa shape index (κ1) is 10.8. The average Bonchev–Trinajstić information content (AvgIpc) is 2.29. The quantitative estimate of drug-likeness (QED) is 0.747. The van der Waals surface area contributed by atoms with E-state index < -0.39 is 0 Å². The second-order valence-electron chi connectivity index (χ2n) is 4.17. The summed E-state index contributed by atoms with van der Waals surface area (Å²) in [5, 5.41) is 8.98. The molecular weight excluding hydrogens is 202 g/mol. The number of rotatable bonds is 1. The maximum atomic E-state index is 8.98. The highest BCUT2D eigenvalue weighted by Gasteiger charge is 2.26. The minimum atomic E-state index is 0.258. The molecule has 0 saturated carbocycles. The van der Waals surface area contributed by atoms with E-state index in [0.29, 0.717) is 17.6 Å². The van der Waals surface area contributed by atoms with Crippen LogP contribution in [-0.2, 0) is 0 Å². The van der Waals surface area contributed by atoms with Gasteiger partial charge in [-0.1, -0.05) is 0 Å². The molecule has 0 aromatic carbocycles. The summed E-state index contributed by atoms with van der Waals surface area (Å²) in [6.07, 6.45) is 5.03. The second kappa shape index (κ2) is 4.45. The second-order valence-corrected chi connectivity index (χ2v) is 4.17. The first-order valence-electron chi connectivity index (χ1n) is 5.45. The van der Waals surface area contributed by atoms with Crippen molar-refractivity contribution in [3.05, 3.63) is 18.1 Å². The summed E-state index contributed by atoms with van der Waals surface area (Å²) in [5.41, 5.74) is 6.30. The van der Waals surface area contributed by atoms with Crippen molar-refractivity contribution in [2.75, 3.05) is 11.4 Å². The monoisotopic (exact) mass is 217 g/mol. The van der Waals surface area contributed by atoms with E-state index in [0.717, 1.165) is 19.4 Å². The molecule has 0 radical (unpaired) electrons. The highest BCUT2D eigenvalue weighted by atomic mass is 15.2. The van der Waals surface area contributed by atoms with Crippen LogP contribution in [0.2, 0.25) is 0 Å². The number of piperidine rings is 1. The molecule has 1 aromatic rings. The number of nitrogens with zero attached hydrogens (tertiary/aromatic N) is 4. The van der Waals surface area contributed by atoms with Gasteiger partial charge in [0.2, 0.25) is 0 Å². The zero-order valence-electron chi connectivity index (χ0n) is 9.30. The summed E-state index contributed by atoms with van der Waals surface area (Å²) in [7, 11) is 0. The van der Waals surface area contributed by atoms with E-state index in [4.69, 9.17) is 11.0 Å². The molecule has 0 amide bonds. The molecule has 0 aliphatic carbocycles. The fraction of sp³-hybridized carbons (Fsp3) is 0.545. The summed E-state index contributed by atoms with van der Waals surface area (Å²) in [6.45, 7) is 2.95. The molecule has 2 heterocycles. The Morgan fingerprint density at radius 3 is 2.94 bits per heavy atom. The predicted octanol–water partition coefficient (Wildman–Crippen LogP) is 0.664. The van der Waals surface area contributed by atoms with Crippen LogP contribution in [0.3, 0.4) is 0 Å². The Hall–Kier alpha value is -1.67. The van der Waals surface area contributed by atoms with Crippen LogP contribution >= 0.6 is 0 Å². The zero-order chi connectivity index (χ0) is 11.5. The Kier molecular flexibility index (Phi) is 3.02. The molecule has 0 bridgehead atoms. The molecule has 84 valence electrons. The van der Waals surface area contributed by atoms with Gasteiger partial charge in [-0.05, 0) is 19.8 Å². The van der Waals surface area contributed by atoms with Crippen LogP contribution in [0.25, 0.3) is 0 Å². The van der Waals surface area contributed by atoms with Gasteiger partial charge >= 0.3 is 0 Å². The third-order valence-corrected chi connectivity index (χ3v) is 2.97. The molecule has 0 spiro atoms. The van der Waals surface area contributed by atoms with Crippen LogP contribution in [-0.4, -0.2) is 28.6 Å². The molecule has 2 atom stereocenters. The van der Waals surface area contributed by atoms with E-state index in [1.807, 2.05) is 0 Å². The van der Waals surface area contributed by atoms with Gasteiger partial charge in [0, 0.05) is 31.0 Å². The summed E-state index contributed by atoms with van der Waals surface area (Å²) >= 11 is 0. The molecule has 2 unspecified atom stereocenters. The van der Waals surface area contributed by atoms with Gasteiger partial charge in [0.15, 0.2) is 11.5 Å². The number of aromatic nitrogens is 2. The van der Waals surface area contributed by atoms with Crippen LogP contribution in [0.5, 0.6) is 0 Å². The van der Waals surface area contributed by atoms with Crippen LogP contribution in [0, 0.1) is 11.3 Å². The average molecular weight is 217 g/mol. The molecule has 1 aromatic heterocycles. The normalized spacial score (nSPS) is 25.2. The maximum Gasteiger partial charge on any atom is 0.183 e. The summed E-state index contributed by atoms with van der Waals surface area (Å²) in [5.74, 6) is 0.685. The lowest BCUT2D eigenvalue weighted by Crippen LogP contribution is -2.46. The number of hydrogen-bond donors (Lipinski definition) is 1. The lowest BCUT2D eigenvalue weighted by molar-refractivity contribution is 0.426. The predicted molar refractivity (Wildman–Crippen MR) is 60.8 cm³/mol. The molecule has 5 nitrogen and oxygen atoms in total. The number of nitrogens with two attached hydrogens (primary N) is 1. The van der Waals surface area contributed by atoms with Gasteiger partial charge in [-0.25, -0.2) is 9.97 Å². The minimum absolute atomic E-state index is 0.258. The van der Waals surface area contributed by atoms with E-state index >= 15 is 0 Å². The highest BCUT2D eigenvalue weighted by Crippen LogP contribution is 2.23. The summed E-state index contributed by atoms with van der Waals surface area (Å²) < 4.78 is 0. The van der Waals surface area contributed by atoms with Gasteiger partial charge in [0.05, 0.1) is 0 Å². The van der Waals surface area contributed by atoms with Crippen molar-refractivity contribution in [2.45, 2.75) is 31.8 Å². The van der Waals surface area contributed by atoms with Gasteiger partial charge in [0.25, 0.3) is 0 Å². The van der Waals surface area contributed by atoms with Crippen molar-refractivity contribution in [1.82, 2.24) is 9.97 Å². The van der Waals surface area contributed by atoms with Crippen molar-refractivity contribution in [1.29, 1.82) is 5.26 Å². The highest BCUT2D eigenvalue weighted by molar-refractivity contribution is 5.50. The molecule has 1 aliphatic heterocycles. The van der Waals surface area contributed by atoms with Crippen LogP contribution in [0.4, 0.5) is 5.82 Å². The van der Waals surface area contributed by atoms with E-state index in [1.165, 1.54) is 0 Å². The molecular formula is C11H15N5. The van der Waals surface area contributed by atoms with Crippen LogP contribution < -0.4 is 10.6 Å². The van der Waals surface area contributed by atoms with E-state index in [-0.39, 0.29) is 6.04 Å². The van der Waals surface area contributed by atoms with Crippen LogP contribution in [0.15, 0.2) is 12.4 Å². The molecule has 1 aliphatic rings. The fourth-order valence-corrected chi connectivity index (χ4v) is 2.14. The molecule has 1 saturated heterocycles. The SMILES string of the molecule is CC1CC(N)CCN1c1nccnc1C#N. The molecule has 1 fully saturated rings. The van der Waals surface area contributed by atoms with Crippen molar-refractivity contribution in [2.24, 2.45) is 5.73 Å². The number of hydrogen-bond acceptors (Lipinski definition) is 5. The maximum absolute atomic E-state index is 8.98.